The summed E-state index contributed by atoms with van der Waals surface area (Å²) >= 11 is 4.87. The second-order valence-corrected chi connectivity index (χ2v) is 2.83. The summed E-state index contributed by atoms with van der Waals surface area (Å²) in [6.45, 7) is 3.64. The molecule has 2 nitrogen and oxygen atoms in total. The van der Waals surface area contributed by atoms with E-state index in [1.165, 1.54) is 0 Å². The van der Waals surface area contributed by atoms with Gasteiger partial charge in [-0.15, -0.1) is 0 Å². The van der Waals surface area contributed by atoms with Gasteiger partial charge in [0.15, 0.2) is 5.05 Å². The van der Waals surface area contributed by atoms with Gasteiger partial charge in [0.2, 0.25) is 0 Å². The zero-order valence-electron chi connectivity index (χ0n) is 6.89. The second kappa shape index (κ2) is 5.62. The number of hydrogen-bond acceptors (Lipinski definition) is 3. The molecule has 0 aromatic heterocycles. The van der Waals surface area contributed by atoms with E-state index in [1.807, 2.05) is 21.0 Å². The SMILES string of the molecule is CCC(=S)OCCN(C)C. The Morgan fingerprint density at radius 1 is 1.50 bits per heavy atom. The Bertz CT molecular complexity index is 104. The molecule has 0 atom stereocenters. The zero-order valence-corrected chi connectivity index (χ0v) is 7.70. The van der Waals surface area contributed by atoms with Crippen molar-refractivity contribution >= 4 is 17.3 Å². The fraction of sp³-hybridized carbons (Fsp3) is 0.857. The lowest BCUT2D eigenvalue weighted by Gasteiger charge is -2.10. The highest BCUT2D eigenvalue weighted by Gasteiger charge is 1.93. The van der Waals surface area contributed by atoms with E-state index in [1.54, 1.807) is 0 Å². The molecule has 10 heavy (non-hydrogen) atoms. The highest BCUT2D eigenvalue weighted by Crippen LogP contribution is 1.88. The monoisotopic (exact) mass is 161 g/mol. The van der Waals surface area contributed by atoms with E-state index in [9.17, 15) is 0 Å². The van der Waals surface area contributed by atoms with E-state index < -0.39 is 0 Å². The zero-order chi connectivity index (χ0) is 7.98. The van der Waals surface area contributed by atoms with Crippen molar-refractivity contribution in [1.82, 2.24) is 4.90 Å². The summed E-state index contributed by atoms with van der Waals surface area (Å²) in [5.74, 6) is 0. The van der Waals surface area contributed by atoms with Gasteiger partial charge in [-0.05, 0) is 26.3 Å². The molecule has 0 spiro atoms. The lowest BCUT2D eigenvalue weighted by molar-refractivity contribution is 0.252. The maximum Gasteiger partial charge on any atom is 0.159 e. The average Bonchev–Trinajstić information content (AvgIpc) is 1.87. The normalized spacial score (nSPS) is 10.0. The molecule has 0 bridgehead atoms. The minimum Gasteiger partial charge on any atom is -0.486 e. The molecule has 0 aromatic rings. The van der Waals surface area contributed by atoms with Crippen LogP contribution in [0.15, 0.2) is 0 Å². The minimum absolute atomic E-state index is 0.708. The van der Waals surface area contributed by atoms with E-state index in [2.05, 4.69) is 4.90 Å². The third kappa shape index (κ3) is 5.98. The Labute approximate surface area is 68.2 Å². The van der Waals surface area contributed by atoms with Gasteiger partial charge in [0.05, 0.1) is 0 Å². The van der Waals surface area contributed by atoms with Crippen LogP contribution in [0.4, 0.5) is 0 Å². The molecule has 0 aliphatic heterocycles. The molecule has 0 radical (unpaired) electrons. The molecule has 60 valence electrons. The molecule has 3 heteroatoms. The number of likely N-dealkylation sites (N-methyl/N-ethyl adjacent to an activating group) is 1. The van der Waals surface area contributed by atoms with E-state index in [0.29, 0.717) is 11.7 Å². The van der Waals surface area contributed by atoms with E-state index in [-0.39, 0.29) is 0 Å². The van der Waals surface area contributed by atoms with Gasteiger partial charge in [-0.1, -0.05) is 6.92 Å². The van der Waals surface area contributed by atoms with Crippen LogP contribution < -0.4 is 0 Å². The van der Waals surface area contributed by atoms with Crippen LogP contribution in [0.1, 0.15) is 13.3 Å². The fourth-order valence-corrected chi connectivity index (χ4v) is 0.527. The molecule has 0 heterocycles. The summed E-state index contributed by atoms with van der Waals surface area (Å²) in [4.78, 5) is 2.07. The number of rotatable bonds is 4. The standard InChI is InChI=1S/C7H15NOS/c1-4-7(10)9-6-5-8(2)3/h4-6H2,1-3H3. The van der Waals surface area contributed by atoms with Gasteiger partial charge in [-0.25, -0.2) is 0 Å². The molecule has 0 saturated carbocycles. The number of hydrogen-bond donors (Lipinski definition) is 0. The summed E-state index contributed by atoms with van der Waals surface area (Å²) in [6, 6.07) is 0. The maximum absolute atomic E-state index is 5.19. The van der Waals surface area contributed by atoms with Crippen LogP contribution in [-0.4, -0.2) is 37.2 Å². The maximum atomic E-state index is 5.19. The van der Waals surface area contributed by atoms with Gasteiger partial charge < -0.3 is 9.64 Å². The number of thiocarbonyl (C=S) groups is 1. The van der Waals surface area contributed by atoms with Crippen LogP contribution in [-0.2, 0) is 4.74 Å². The predicted octanol–water partition coefficient (Wildman–Crippen LogP) is 1.30. The van der Waals surface area contributed by atoms with Crippen LogP contribution in [0.25, 0.3) is 0 Å². The first-order chi connectivity index (χ1) is 4.66. The molecule has 0 saturated heterocycles. The molecule has 0 unspecified atom stereocenters. The first-order valence-corrected chi connectivity index (χ1v) is 3.88. The Hall–Kier alpha value is -0.150. The number of ether oxygens (including phenoxy) is 1. The van der Waals surface area contributed by atoms with Crippen LogP contribution in [0.5, 0.6) is 0 Å². The van der Waals surface area contributed by atoms with Gasteiger partial charge in [-0.2, -0.15) is 0 Å². The summed E-state index contributed by atoms with van der Waals surface area (Å²) in [6.07, 6.45) is 0.836. The van der Waals surface area contributed by atoms with Gasteiger partial charge in [0.25, 0.3) is 0 Å². The van der Waals surface area contributed by atoms with E-state index >= 15 is 0 Å². The van der Waals surface area contributed by atoms with Crippen molar-refractivity contribution in [1.29, 1.82) is 0 Å². The van der Waals surface area contributed by atoms with Crippen LogP contribution >= 0.6 is 12.2 Å². The van der Waals surface area contributed by atoms with E-state index in [0.717, 1.165) is 13.0 Å². The Balaban J connectivity index is 3.12. The van der Waals surface area contributed by atoms with Crippen molar-refractivity contribution in [2.24, 2.45) is 0 Å². The molecular weight excluding hydrogens is 146 g/mol. The lowest BCUT2D eigenvalue weighted by Crippen LogP contribution is -2.19. The molecular formula is C7H15NOS. The first-order valence-electron chi connectivity index (χ1n) is 3.47. The van der Waals surface area contributed by atoms with Crippen molar-refractivity contribution in [2.75, 3.05) is 27.2 Å². The van der Waals surface area contributed by atoms with Crippen molar-refractivity contribution < 1.29 is 4.74 Å². The smallest absolute Gasteiger partial charge is 0.159 e. The summed E-state index contributed by atoms with van der Waals surface area (Å²) < 4.78 is 5.19. The van der Waals surface area contributed by atoms with Gasteiger partial charge in [0, 0.05) is 13.0 Å². The summed E-state index contributed by atoms with van der Waals surface area (Å²) in [7, 11) is 4.02. The predicted molar refractivity (Wildman–Crippen MR) is 47.4 cm³/mol. The van der Waals surface area contributed by atoms with Gasteiger partial charge in [-0.3, -0.25) is 0 Å². The van der Waals surface area contributed by atoms with Crippen molar-refractivity contribution in [3.05, 3.63) is 0 Å². The summed E-state index contributed by atoms with van der Waals surface area (Å²) in [5, 5.41) is 0.710. The lowest BCUT2D eigenvalue weighted by atomic mass is 10.5. The molecule has 0 amide bonds. The average molecular weight is 161 g/mol. The molecule has 0 rings (SSSR count). The van der Waals surface area contributed by atoms with Crippen molar-refractivity contribution in [3.63, 3.8) is 0 Å². The third-order valence-electron chi connectivity index (χ3n) is 1.09. The second-order valence-electron chi connectivity index (χ2n) is 2.38. The topological polar surface area (TPSA) is 12.5 Å². The fourth-order valence-electron chi connectivity index (χ4n) is 0.444. The molecule has 0 aliphatic carbocycles. The highest BCUT2D eigenvalue weighted by atomic mass is 32.1. The Kier molecular flexibility index (Phi) is 5.54. The summed E-state index contributed by atoms with van der Waals surface area (Å²) in [5.41, 5.74) is 0. The number of nitrogens with zero attached hydrogens (tertiary/aromatic N) is 1. The van der Waals surface area contributed by atoms with Crippen LogP contribution in [0.3, 0.4) is 0 Å². The Morgan fingerprint density at radius 2 is 2.10 bits per heavy atom. The van der Waals surface area contributed by atoms with Crippen LogP contribution in [0, 0.1) is 0 Å². The van der Waals surface area contributed by atoms with Crippen molar-refractivity contribution in [3.8, 4) is 0 Å². The largest absolute Gasteiger partial charge is 0.486 e. The third-order valence-corrected chi connectivity index (χ3v) is 1.50. The molecule has 0 aromatic carbocycles. The van der Waals surface area contributed by atoms with Crippen LogP contribution in [0.2, 0.25) is 0 Å². The highest BCUT2D eigenvalue weighted by molar-refractivity contribution is 7.80. The van der Waals surface area contributed by atoms with Gasteiger partial charge >= 0.3 is 0 Å². The van der Waals surface area contributed by atoms with Crippen molar-refractivity contribution in [2.45, 2.75) is 13.3 Å². The first kappa shape index (κ1) is 9.85. The molecule has 0 aliphatic rings. The quantitative estimate of drug-likeness (QED) is 0.577. The van der Waals surface area contributed by atoms with E-state index in [4.69, 9.17) is 17.0 Å². The Morgan fingerprint density at radius 3 is 2.50 bits per heavy atom. The van der Waals surface area contributed by atoms with Gasteiger partial charge in [0.1, 0.15) is 6.61 Å². The minimum atomic E-state index is 0.708. The molecule has 0 fully saturated rings. The molecule has 0 N–H and O–H groups in total.